The first-order valence-electron chi connectivity index (χ1n) is 12.4. The van der Waals surface area contributed by atoms with E-state index in [4.69, 9.17) is 9.47 Å². The minimum absolute atomic E-state index is 0.0938. The average molecular weight is 562 g/mol. The van der Waals surface area contributed by atoms with E-state index in [1.807, 2.05) is 13.8 Å². The molecule has 0 saturated carbocycles. The summed E-state index contributed by atoms with van der Waals surface area (Å²) in [6.07, 6.45) is 2.77. The SMILES string of the molecule is COCC(C)(C)Nc1n[nH]c2nccc(Oc3ccc(NC(=O)c4ccnn(-c5ccc(F)cc5)c4=O)cc3F)c12. The highest BCUT2D eigenvalue weighted by atomic mass is 19.1. The molecular weight excluding hydrogens is 536 g/mol. The standard InChI is InChI=1S/C28H25F2N7O4/c1-28(2,15-40-3)34-25-23-22(11-12-31-24(23)35-36-25)41-21-9-6-17(14-20(21)30)33-26(38)19-10-13-32-37(27(19)39)18-7-4-16(29)5-8-18/h4-14H,15H2,1-3H3,(H,33,38)(H2,31,34,35,36). The highest BCUT2D eigenvalue weighted by Gasteiger charge is 2.23. The third kappa shape index (κ3) is 5.89. The molecule has 5 rings (SSSR count). The zero-order valence-corrected chi connectivity index (χ0v) is 22.2. The van der Waals surface area contributed by atoms with Crippen molar-refractivity contribution < 1.29 is 23.0 Å². The minimum atomic E-state index is -0.773. The van der Waals surface area contributed by atoms with Crippen LogP contribution in [0, 0.1) is 11.6 Å². The molecule has 0 saturated heterocycles. The van der Waals surface area contributed by atoms with Crippen molar-refractivity contribution in [2.75, 3.05) is 24.4 Å². The van der Waals surface area contributed by atoms with E-state index in [0.29, 0.717) is 29.2 Å². The van der Waals surface area contributed by atoms with Gasteiger partial charge in [0.15, 0.2) is 23.0 Å². The molecule has 0 radical (unpaired) electrons. The Labute approximate surface area is 232 Å². The summed E-state index contributed by atoms with van der Waals surface area (Å²) >= 11 is 0. The molecule has 1 amide bonds. The van der Waals surface area contributed by atoms with Crippen LogP contribution in [0.1, 0.15) is 24.2 Å². The molecule has 0 bridgehead atoms. The summed E-state index contributed by atoms with van der Waals surface area (Å²) in [5.41, 5.74) is -0.617. The number of carbonyl (C=O) groups excluding carboxylic acids is 1. The number of nitrogens with zero attached hydrogens (tertiary/aromatic N) is 4. The van der Waals surface area contributed by atoms with Crippen LogP contribution < -0.4 is 20.9 Å². The van der Waals surface area contributed by atoms with Gasteiger partial charge in [0.2, 0.25) is 0 Å². The Morgan fingerprint density at radius 1 is 1.05 bits per heavy atom. The number of aromatic nitrogens is 5. The van der Waals surface area contributed by atoms with Crippen LogP contribution in [0.5, 0.6) is 11.5 Å². The number of hydrogen-bond acceptors (Lipinski definition) is 8. The van der Waals surface area contributed by atoms with Gasteiger partial charge in [-0.1, -0.05) is 0 Å². The molecule has 0 aliphatic heterocycles. The van der Waals surface area contributed by atoms with Gasteiger partial charge >= 0.3 is 0 Å². The summed E-state index contributed by atoms with van der Waals surface area (Å²) in [4.78, 5) is 30.0. The average Bonchev–Trinajstić information content (AvgIpc) is 3.33. The second-order valence-corrected chi connectivity index (χ2v) is 9.69. The predicted molar refractivity (Wildman–Crippen MR) is 148 cm³/mol. The number of halogens is 2. The first kappa shape index (κ1) is 27.4. The number of nitrogens with one attached hydrogen (secondary N) is 3. The van der Waals surface area contributed by atoms with Crippen molar-refractivity contribution in [3.8, 4) is 17.2 Å². The largest absolute Gasteiger partial charge is 0.453 e. The molecule has 0 unspecified atom stereocenters. The summed E-state index contributed by atoms with van der Waals surface area (Å²) in [6, 6.07) is 11.7. The van der Waals surface area contributed by atoms with Gasteiger partial charge in [0.25, 0.3) is 11.5 Å². The lowest BCUT2D eigenvalue weighted by Crippen LogP contribution is -2.36. The maximum atomic E-state index is 15.1. The number of hydrogen-bond donors (Lipinski definition) is 3. The third-order valence-electron chi connectivity index (χ3n) is 5.96. The van der Waals surface area contributed by atoms with Gasteiger partial charge in [-0.05, 0) is 56.3 Å². The van der Waals surface area contributed by atoms with Gasteiger partial charge in [-0.15, -0.1) is 0 Å². The zero-order valence-electron chi connectivity index (χ0n) is 22.2. The van der Waals surface area contributed by atoms with Gasteiger partial charge in [0, 0.05) is 37.3 Å². The first-order valence-corrected chi connectivity index (χ1v) is 12.4. The number of carbonyl (C=O) groups is 1. The van der Waals surface area contributed by atoms with E-state index in [9.17, 15) is 14.0 Å². The number of fused-ring (bicyclic) bond motifs is 1. The molecule has 41 heavy (non-hydrogen) atoms. The number of ether oxygens (including phenoxy) is 2. The summed E-state index contributed by atoms with van der Waals surface area (Å²) in [5.74, 6) is -1.37. The van der Waals surface area contributed by atoms with E-state index >= 15 is 4.39 Å². The Balaban J connectivity index is 1.36. The molecule has 0 aliphatic carbocycles. The molecule has 0 fully saturated rings. The molecule has 11 nitrogen and oxygen atoms in total. The smallest absolute Gasteiger partial charge is 0.284 e. The lowest BCUT2D eigenvalue weighted by atomic mass is 10.1. The van der Waals surface area contributed by atoms with Gasteiger partial charge in [0.1, 0.15) is 22.5 Å². The van der Waals surface area contributed by atoms with Gasteiger partial charge in [0.05, 0.1) is 17.8 Å². The molecule has 3 heterocycles. The second kappa shape index (κ2) is 11.1. The number of amides is 1. The maximum Gasteiger partial charge on any atom is 0.284 e. The van der Waals surface area contributed by atoms with Crippen LogP contribution in [0.25, 0.3) is 16.7 Å². The number of rotatable bonds is 9. The molecule has 0 atom stereocenters. The van der Waals surface area contributed by atoms with Crippen molar-refractivity contribution in [1.82, 2.24) is 25.0 Å². The number of anilines is 2. The van der Waals surface area contributed by atoms with E-state index in [1.54, 1.807) is 13.2 Å². The lowest BCUT2D eigenvalue weighted by molar-refractivity contribution is 0.102. The van der Waals surface area contributed by atoms with E-state index in [2.05, 4.69) is 30.9 Å². The fraction of sp³-hybridized carbons (Fsp3) is 0.179. The van der Waals surface area contributed by atoms with E-state index in [1.165, 1.54) is 54.9 Å². The second-order valence-electron chi connectivity index (χ2n) is 9.69. The van der Waals surface area contributed by atoms with Crippen molar-refractivity contribution in [2.45, 2.75) is 19.4 Å². The number of pyridine rings is 1. The molecule has 13 heteroatoms. The molecular formula is C28H25F2N7O4. The van der Waals surface area contributed by atoms with Crippen LogP contribution in [0.3, 0.4) is 0 Å². The van der Waals surface area contributed by atoms with Gasteiger partial charge < -0.3 is 20.1 Å². The van der Waals surface area contributed by atoms with Crippen LogP contribution in [0.4, 0.5) is 20.3 Å². The summed E-state index contributed by atoms with van der Waals surface area (Å²) in [7, 11) is 1.60. The fourth-order valence-electron chi connectivity index (χ4n) is 4.15. The Morgan fingerprint density at radius 2 is 1.83 bits per heavy atom. The Hall–Kier alpha value is -5.17. The lowest BCUT2D eigenvalue weighted by Gasteiger charge is -2.25. The topological polar surface area (TPSA) is 136 Å². The zero-order chi connectivity index (χ0) is 29.1. The quantitative estimate of drug-likeness (QED) is 0.236. The van der Waals surface area contributed by atoms with Crippen LogP contribution in [-0.2, 0) is 4.74 Å². The Kier molecular flexibility index (Phi) is 7.44. The van der Waals surface area contributed by atoms with Crippen LogP contribution in [0.15, 0.2) is 71.8 Å². The first-order chi connectivity index (χ1) is 19.6. The number of aromatic amines is 1. The number of H-pyrrole nitrogens is 1. The Bertz CT molecular complexity index is 1790. The van der Waals surface area contributed by atoms with Gasteiger partial charge in [-0.25, -0.2) is 13.8 Å². The van der Waals surface area contributed by atoms with Crippen molar-refractivity contribution in [2.24, 2.45) is 0 Å². The molecule has 210 valence electrons. The molecule has 5 aromatic rings. The molecule has 0 spiro atoms. The highest BCUT2D eigenvalue weighted by Crippen LogP contribution is 2.35. The molecule has 3 aromatic heterocycles. The normalized spacial score (nSPS) is 11.4. The van der Waals surface area contributed by atoms with Crippen molar-refractivity contribution in [3.63, 3.8) is 0 Å². The molecule has 2 aromatic carbocycles. The third-order valence-corrected chi connectivity index (χ3v) is 5.96. The van der Waals surface area contributed by atoms with Crippen LogP contribution in [0.2, 0.25) is 0 Å². The maximum absolute atomic E-state index is 15.1. The minimum Gasteiger partial charge on any atom is -0.453 e. The highest BCUT2D eigenvalue weighted by molar-refractivity contribution is 6.04. The summed E-state index contributed by atoms with van der Waals surface area (Å²) in [5, 5.41) is 17.4. The number of methoxy groups -OCH3 is 1. The monoisotopic (exact) mass is 561 g/mol. The van der Waals surface area contributed by atoms with Crippen molar-refractivity contribution in [1.29, 1.82) is 0 Å². The predicted octanol–water partition coefficient (Wildman–Crippen LogP) is 4.66. The van der Waals surface area contributed by atoms with Crippen molar-refractivity contribution >= 4 is 28.4 Å². The van der Waals surface area contributed by atoms with E-state index in [0.717, 1.165) is 10.7 Å². The Morgan fingerprint density at radius 3 is 2.56 bits per heavy atom. The van der Waals surface area contributed by atoms with Crippen molar-refractivity contribution in [3.05, 3.63) is 94.5 Å². The van der Waals surface area contributed by atoms with Gasteiger partial charge in [-0.3, -0.25) is 14.7 Å². The van der Waals surface area contributed by atoms with Gasteiger partial charge in [-0.2, -0.15) is 14.9 Å². The molecule has 0 aliphatic rings. The van der Waals surface area contributed by atoms with Crippen LogP contribution in [-0.4, -0.2) is 50.1 Å². The summed E-state index contributed by atoms with van der Waals surface area (Å²) in [6.45, 7) is 4.27. The summed E-state index contributed by atoms with van der Waals surface area (Å²) < 4.78 is 40.5. The number of benzene rings is 2. The van der Waals surface area contributed by atoms with E-state index in [-0.39, 0.29) is 22.7 Å². The van der Waals surface area contributed by atoms with E-state index < -0.39 is 28.6 Å². The fourth-order valence-corrected chi connectivity index (χ4v) is 4.15. The molecule has 3 N–H and O–H groups in total. The van der Waals surface area contributed by atoms with Crippen LogP contribution >= 0.6 is 0 Å².